The topological polar surface area (TPSA) is 87.2 Å². The first-order valence-corrected chi connectivity index (χ1v) is 9.34. The summed E-state index contributed by atoms with van der Waals surface area (Å²) >= 11 is 0. The molecule has 1 fully saturated rings. The molecular formula is C21H19N5O2. The van der Waals surface area contributed by atoms with Crippen LogP contribution in [0.1, 0.15) is 23.2 Å². The van der Waals surface area contributed by atoms with Gasteiger partial charge in [-0.1, -0.05) is 18.2 Å². The zero-order valence-corrected chi connectivity index (χ0v) is 15.2. The van der Waals surface area contributed by atoms with Crippen LogP contribution in [0, 0.1) is 0 Å². The maximum Gasteiger partial charge on any atom is 0.256 e. The Balaban J connectivity index is 1.37. The number of rotatable bonds is 1. The number of benzene rings is 2. The molecule has 0 aliphatic carbocycles. The lowest BCUT2D eigenvalue weighted by Crippen LogP contribution is -2.59. The molecule has 1 spiro atoms. The number of para-hydroxylation sites is 3. The largest absolute Gasteiger partial charge is 0.369 e. The van der Waals surface area contributed by atoms with Crippen molar-refractivity contribution in [2.45, 2.75) is 18.4 Å². The highest BCUT2D eigenvalue weighted by atomic mass is 16.2. The van der Waals surface area contributed by atoms with Gasteiger partial charge in [-0.2, -0.15) is 0 Å². The summed E-state index contributed by atoms with van der Waals surface area (Å²) in [6, 6.07) is 13.1. The molecule has 0 atom stereocenters. The van der Waals surface area contributed by atoms with E-state index in [-0.39, 0.29) is 11.8 Å². The maximum atomic E-state index is 13.1. The third-order valence-electron chi connectivity index (χ3n) is 5.62. The first-order chi connectivity index (χ1) is 13.7. The number of carbonyl (C=O) groups excluding carboxylic acids is 2. The van der Waals surface area contributed by atoms with E-state index >= 15 is 0 Å². The fourth-order valence-electron chi connectivity index (χ4n) is 4.04. The Bertz CT molecular complexity index is 1080. The fraction of sp³-hybridized carbons (Fsp3) is 0.238. The van der Waals surface area contributed by atoms with Crippen molar-refractivity contribution in [1.82, 2.24) is 14.9 Å². The van der Waals surface area contributed by atoms with Crippen LogP contribution in [0.5, 0.6) is 0 Å². The van der Waals surface area contributed by atoms with Gasteiger partial charge in [-0.25, -0.2) is 0 Å². The number of piperidine rings is 1. The van der Waals surface area contributed by atoms with Gasteiger partial charge in [0.05, 0.1) is 22.5 Å². The van der Waals surface area contributed by atoms with Gasteiger partial charge in [0.15, 0.2) is 0 Å². The van der Waals surface area contributed by atoms with Crippen LogP contribution in [0.25, 0.3) is 11.0 Å². The van der Waals surface area contributed by atoms with Gasteiger partial charge < -0.3 is 15.5 Å². The van der Waals surface area contributed by atoms with Crippen molar-refractivity contribution in [1.29, 1.82) is 0 Å². The minimum Gasteiger partial charge on any atom is -0.369 e. The van der Waals surface area contributed by atoms with Crippen LogP contribution in [0.4, 0.5) is 11.4 Å². The molecule has 2 amide bonds. The third-order valence-corrected chi connectivity index (χ3v) is 5.62. The summed E-state index contributed by atoms with van der Waals surface area (Å²) in [6.45, 7) is 0.996. The molecule has 0 saturated carbocycles. The molecule has 7 heteroatoms. The zero-order valence-electron chi connectivity index (χ0n) is 15.2. The smallest absolute Gasteiger partial charge is 0.256 e. The number of anilines is 2. The number of amides is 2. The normalized spacial score (nSPS) is 17.7. The second-order valence-corrected chi connectivity index (χ2v) is 7.23. The molecule has 2 aliphatic heterocycles. The van der Waals surface area contributed by atoms with E-state index in [2.05, 4.69) is 20.6 Å². The van der Waals surface area contributed by atoms with E-state index in [0.717, 1.165) is 11.4 Å². The van der Waals surface area contributed by atoms with Gasteiger partial charge in [-0.05, 0) is 37.1 Å². The van der Waals surface area contributed by atoms with Crippen molar-refractivity contribution >= 4 is 34.2 Å². The van der Waals surface area contributed by atoms with Crippen LogP contribution < -0.4 is 10.6 Å². The highest BCUT2D eigenvalue weighted by Crippen LogP contribution is 2.36. The van der Waals surface area contributed by atoms with E-state index < -0.39 is 5.54 Å². The number of aromatic nitrogens is 2. The predicted molar refractivity (Wildman–Crippen MR) is 106 cm³/mol. The molecule has 7 nitrogen and oxygen atoms in total. The van der Waals surface area contributed by atoms with Crippen molar-refractivity contribution < 1.29 is 9.59 Å². The van der Waals surface area contributed by atoms with Gasteiger partial charge in [-0.15, -0.1) is 0 Å². The molecule has 3 heterocycles. The van der Waals surface area contributed by atoms with Crippen LogP contribution in [0.2, 0.25) is 0 Å². The van der Waals surface area contributed by atoms with Crippen molar-refractivity contribution in [3.63, 3.8) is 0 Å². The third kappa shape index (κ3) is 2.58. The molecule has 28 heavy (non-hydrogen) atoms. The van der Waals surface area contributed by atoms with E-state index in [9.17, 15) is 9.59 Å². The molecule has 1 saturated heterocycles. The van der Waals surface area contributed by atoms with Crippen LogP contribution >= 0.6 is 0 Å². The molecule has 2 aromatic carbocycles. The van der Waals surface area contributed by atoms with E-state index in [4.69, 9.17) is 0 Å². The van der Waals surface area contributed by atoms with Crippen LogP contribution in [-0.4, -0.2) is 45.3 Å². The first kappa shape index (κ1) is 16.7. The summed E-state index contributed by atoms with van der Waals surface area (Å²) in [7, 11) is 0. The van der Waals surface area contributed by atoms with Crippen molar-refractivity contribution in [2.75, 3.05) is 23.7 Å². The monoisotopic (exact) mass is 373 g/mol. The van der Waals surface area contributed by atoms with Gasteiger partial charge in [0, 0.05) is 25.5 Å². The Morgan fingerprint density at radius 3 is 2.54 bits per heavy atom. The second kappa shape index (κ2) is 6.30. The van der Waals surface area contributed by atoms with Crippen molar-refractivity contribution in [2.24, 2.45) is 0 Å². The number of carbonyl (C=O) groups is 2. The second-order valence-electron chi connectivity index (χ2n) is 7.23. The number of hydrogen-bond donors (Lipinski definition) is 2. The van der Waals surface area contributed by atoms with E-state index in [0.29, 0.717) is 42.5 Å². The molecule has 2 N–H and O–H groups in total. The summed E-state index contributed by atoms with van der Waals surface area (Å²) in [5.74, 6) is -0.105. The Hall–Kier alpha value is -3.48. The summed E-state index contributed by atoms with van der Waals surface area (Å²) in [6.07, 6.45) is 4.31. The summed E-state index contributed by atoms with van der Waals surface area (Å²) in [5.41, 5.74) is 2.90. The van der Waals surface area contributed by atoms with Crippen LogP contribution in [-0.2, 0) is 4.79 Å². The highest BCUT2D eigenvalue weighted by Gasteiger charge is 2.45. The number of likely N-dealkylation sites (tertiary alicyclic amines) is 1. The lowest BCUT2D eigenvalue weighted by molar-refractivity contribution is -0.122. The minimum atomic E-state index is -0.677. The Morgan fingerprint density at radius 1 is 0.964 bits per heavy atom. The Labute approximate surface area is 161 Å². The van der Waals surface area contributed by atoms with Gasteiger partial charge in [0.1, 0.15) is 11.1 Å². The Morgan fingerprint density at radius 2 is 1.71 bits per heavy atom. The van der Waals surface area contributed by atoms with E-state index in [1.54, 1.807) is 23.4 Å². The quantitative estimate of drug-likeness (QED) is 0.685. The fourth-order valence-corrected chi connectivity index (χ4v) is 4.04. The number of nitrogens with one attached hydrogen (secondary N) is 2. The molecule has 1 aromatic heterocycles. The standard InChI is InChI=1S/C21H19N5O2/c27-19(14-4-3-7-17-18(14)23-11-10-22-17)26-12-8-21(9-13-26)20(28)24-15-5-1-2-6-16(15)25-21/h1-7,10-11,25H,8-9,12-13H2,(H,24,28). The van der Waals surface area contributed by atoms with E-state index in [1.165, 1.54) is 0 Å². The summed E-state index contributed by atoms with van der Waals surface area (Å²) in [5, 5.41) is 6.42. The average molecular weight is 373 g/mol. The lowest BCUT2D eigenvalue weighted by atomic mass is 9.84. The molecule has 0 radical (unpaired) electrons. The maximum absolute atomic E-state index is 13.1. The molecule has 0 bridgehead atoms. The predicted octanol–water partition coefficient (Wildman–Crippen LogP) is 2.67. The Kier molecular flexibility index (Phi) is 3.75. The van der Waals surface area contributed by atoms with Crippen molar-refractivity contribution in [3.8, 4) is 0 Å². The molecule has 5 rings (SSSR count). The van der Waals surface area contributed by atoms with Gasteiger partial charge in [-0.3, -0.25) is 19.6 Å². The van der Waals surface area contributed by atoms with Gasteiger partial charge in [0.2, 0.25) is 5.91 Å². The SMILES string of the molecule is O=C(c1cccc2nccnc12)N1CCC2(CC1)Nc1ccccc1NC2=O. The van der Waals surface area contributed by atoms with Crippen LogP contribution in [0.3, 0.4) is 0 Å². The molecule has 0 unspecified atom stereocenters. The number of hydrogen-bond acceptors (Lipinski definition) is 5. The zero-order chi connectivity index (χ0) is 19.1. The lowest BCUT2D eigenvalue weighted by Gasteiger charge is -2.44. The molecule has 140 valence electrons. The highest BCUT2D eigenvalue weighted by molar-refractivity contribution is 6.07. The minimum absolute atomic E-state index is 0.0330. The van der Waals surface area contributed by atoms with Crippen LogP contribution in [0.15, 0.2) is 54.9 Å². The summed E-state index contributed by atoms with van der Waals surface area (Å²) in [4.78, 5) is 36.3. The molecular weight excluding hydrogens is 354 g/mol. The molecule has 3 aromatic rings. The van der Waals surface area contributed by atoms with Gasteiger partial charge >= 0.3 is 0 Å². The first-order valence-electron chi connectivity index (χ1n) is 9.34. The molecule has 2 aliphatic rings. The summed E-state index contributed by atoms with van der Waals surface area (Å²) < 4.78 is 0. The van der Waals surface area contributed by atoms with E-state index in [1.807, 2.05) is 36.4 Å². The van der Waals surface area contributed by atoms with Gasteiger partial charge in [0.25, 0.3) is 5.91 Å². The number of fused-ring (bicyclic) bond motifs is 2. The number of nitrogens with zero attached hydrogens (tertiary/aromatic N) is 3. The average Bonchev–Trinajstić information content (AvgIpc) is 2.74. The van der Waals surface area contributed by atoms with Crippen molar-refractivity contribution in [3.05, 3.63) is 60.4 Å².